The van der Waals surface area contributed by atoms with Gasteiger partial charge in [-0.05, 0) is 20.3 Å². The molecule has 0 aromatic rings. The van der Waals surface area contributed by atoms with Crippen LogP contribution in [0.5, 0.6) is 0 Å². The van der Waals surface area contributed by atoms with Crippen LogP contribution in [0.1, 0.15) is 33.1 Å². The van der Waals surface area contributed by atoms with Gasteiger partial charge in [-0.25, -0.2) is 0 Å². The van der Waals surface area contributed by atoms with E-state index in [1.54, 1.807) is 0 Å². The zero-order valence-electron chi connectivity index (χ0n) is 6.59. The van der Waals surface area contributed by atoms with Crippen molar-refractivity contribution in [2.75, 3.05) is 0 Å². The summed E-state index contributed by atoms with van der Waals surface area (Å²) in [6.45, 7) is 3.98. The summed E-state index contributed by atoms with van der Waals surface area (Å²) in [4.78, 5) is 11.0. The van der Waals surface area contributed by atoms with Crippen molar-refractivity contribution in [1.29, 1.82) is 0 Å². The van der Waals surface area contributed by atoms with Crippen molar-refractivity contribution >= 4 is 5.78 Å². The first-order valence-corrected chi connectivity index (χ1v) is 3.85. The van der Waals surface area contributed by atoms with E-state index in [0.29, 0.717) is 18.6 Å². The van der Waals surface area contributed by atoms with Gasteiger partial charge in [0.2, 0.25) is 0 Å². The van der Waals surface area contributed by atoms with Gasteiger partial charge in [0.25, 0.3) is 0 Å². The van der Waals surface area contributed by atoms with Gasteiger partial charge in [0.15, 0.2) is 0 Å². The molecule has 2 heteroatoms. The number of rotatable bonds is 0. The van der Waals surface area contributed by atoms with E-state index in [-0.39, 0.29) is 12.2 Å². The lowest BCUT2D eigenvalue weighted by Gasteiger charge is -2.12. The van der Waals surface area contributed by atoms with E-state index < -0.39 is 0 Å². The molecular weight excluding hydrogens is 128 g/mol. The van der Waals surface area contributed by atoms with E-state index in [1.165, 1.54) is 0 Å². The van der Waals surface area contributed by atoms with Crippen molar-refractivity contribution in [1.82, 2.24) is 0 Å². The summed E-state index contributed by atoms with van der Waals surface area (Å²) >= 11 is 0. The highest BCUT2D eigenvalue weighted by molar-refractivity contribution is 5.79. The lowest BCUT2D eigenvalue weighted by atomic mass is 10.1. The van der Waals surface area contributed by atoms with E-state index in [1.807, 2.05) is 13.8 Å². The van der Waals surface area contributed by atoms with E-state index in [2.05, 4.69) is 0 Å². The van der Waals surface area contributed by atoms with Crippen LogP contribution in [0.2, 0.25) is 0 Å². The molecule has 0 amide bonds. The Hall–Kier alpha value is -0.370. The largest absolute Gasteiger partial charge is 0.375 e. The summed E-state index contributed by atoms with van der Waals surface area (Å²) in [6, 6.07) is 0. The van der Waals surface area contributed by atoms with Gasteiger partial charge in [-0.15, -0.1) is 0 Å². The molecule has 0 spiro atoms. The fourth-order valence-corrected chi connectivity index (χ4v) is 1.30. The molecule has 2 atom stereocenters. The molecule has 1 saturated heterocycles. The molecule has 0 saturated carbocycles. The standard InChI is InChI=1S/C8H14O2/c1-6-3-4-8(9)5-7(2)10-6/h6-7H,3-5H2,1-2H3. The van der Waals surface area contributed by atoms with Crippen molar-refractivity contribution in [2.24, 2.45) is 0 Å². The topological polar surface area (TPSA) is 26.3 Å². The highest BCUT2D eigenvalue weighted by atomic mass is 16.5. The van der Waals surface area contributed by atoms with Crippen molar-refractivity contribution in [3.63, 3.8) is 0 Å². The van der Waals surface area contributed by atoms with Crippen molar-refractivity contribution in [2.45, 2.75) is 45.3 Å². The monoisotopic (exact) mass is 142 g/mol. The second kappa shape index (κ2) is 3.15. The lowest BCUT2D eigenvalue weighted by molar-refractivity contribution is -0.119. The van der Waals surface area contributed by atoms with Crippen LogP contribution in [0.4, 0.5) is 0 Å². The Bertz CT molecular complexity index is 131. The SMILES string of the molecule is CC1CCC(=O)CC(C)O1. The first kappa shape index (κ1) is 7.73. The molecule has 58 valence electrons. The number of Topliss-reactive ketones (excluding diaryl/α,β-unsaturated/α-hetero) is 1. The van der Waals surface area contributed by atoms with Gasteiger partial charge in [0.1, 0.15) is 5.78 Å². The molecule has 0 aliphatic carbocycles. The molecule has 1 rings (SSSR count). The van der Waals surface area contributed by atoms with Gasteiger partial charge < -0.3 is 4.74 Å². The number of hydrogen-bond acceptors (Lipinski definition) is 2. The Morgan fingerprint density at radius 2 is 2.10 bits per heavy atom. The quantitative estimate of drug-likeness (QED) is 0.512. The molecular formula is C8H14O2. The molecule has 1 aliphatic heterocycles. The molecule has 0 aromatic carbocycles. The number of ether oxygens (including phenoxy) is 1. The minimum atomic E-state index is 0.130. The lowest BCUT2D eigenvalue weighted by Crippen LogP contribution is -2.14. The molecule has 0 bridgehead atoms. The third kappa shape index (κ3) is 2.10. The van der Waals surface area contributed by atoms with Crippen LogP contribution in [0, 0.1) is 0 Å². The minimum Gasteiger partial charge on any atom is -0.375 e. The fraction of sp³-hybridized carbons (Fsp3) is 0.875. The summed E-state index contributed by atoms with van der Waals surface area (Å²) in [5.41, 5.74) is 0. The molecule has 0 radical (unpaired) electrons. The van der Waals surface area contributed by atoms with Crippen LogP contribution in [0.15, 0.2) is 0 Å². The van der Waals surface area contributed by atoms with Crippen LogP contribution in [-0.4, -0.2) is 18.0 Å². The van der Waals surface area contributed by atoms with Gasteiger partial charge in [0, 0.05) is 12.8 Å². The Morgan fingerprint density at radius 3 is 2.80 bits per heavy atom. The molecule has 1 aliphatic rings. The van der Waals surface area contributed by atoms with Crippen molar-refractivity contribution < 1.29 is 9.53 Å². The second-order valence-corrected chi connectivity index (χ2v) is 3.04. The minimum absolute atomic E-state index is 0.130. The Morgan fingerprint density at radius 1 is 1.40 bits per heavy atom. The summed E-state index contributed by atoms with van der Waals surface area (Å²) in [7, 11) is 0. The van der Waals surface area contributed by atoms with E-state index in [4.69, 9.17) is 4.74 Å². The van der Waals surface area contributed by atoms with Gasteiger partial charge >= 0.3 is 0 Å². The highest BCUT2D eigenvalue weighted by Gasteiger charge is 2.18. The second-order valence-electron chi connectivity index (χ2n) is 3.04. The third-order valence-electron chi connectivity index (χ3n) is 1.81. The van der Waals surface area contributed by atoms with Crippen LogP contribution < -0.4 is 0 Å². The molecule has 0 aromatic heterocycles. The Labute approximate surface area is 61.6 Å². The first-order chi connectivity index (χ1) is 4.68. The molecule has 2 unspecified atom stereocenters. The molecule has 1 fully saturated rings. The van der Waals surface area contributed by atoms with Gasteiger partial charge in [0.05, 0.1) is 12.2 Å². The van der Waals surface area contributed by atoms with E-state index >= 15 is 0 Å². The van der Waals surface area contributed by atoms with Gasteiger partial charge in [-0.1, -0.05) is 0 Å². The van der Waals surface area contributed by atoms with Gasteiger partial charge in [-0.3, -0.25) is 4.79 Å². The van der Waals surface area contributed by atoms with E-state index in [0.717, 1.165) is 6.42 Å². The predicted molar refractivity (Wildman–Crippen MR) is 38.9 cm³/mol. The zero-order valence-corrected chi connectivity index (χ0v) is 6.59. The van der Waals surface area contributed by atoms with Crippen LogP contribution in [0.3, 0.4) is 0 Å². The summed E-state index contributed by atoms with van der Waals surface area (Å²) in [6.07, 6.45) is 2.59. The number of carbonyl (C=O) groups excluding carboxylic acids is 1. The first-order valence-electron chi connectivity index (χ1n) is 3.85. The van der Waals surface area contributed by atoms with Crippen LogP contribution in [0.25, 0.3) is 0 Å². The third-order valence-corrected chi connectivity index (χ3v) is 1.81. The predicted octanol–water partition coefficient (Wildman–Crippen LogP) is 1.53. The Kier molecular flexibility index (Phi) is 2.44. The average Bonchev–Trinajstić information content (AvgIpc) is 1.93. The maximum atomic E-state index is 11.0. The zero-order chi connectivity index (χ0) is 7.56. The molecule has 2 nitrogen and oxygen atoms in total. The van der Waals surface area contributed by atoms with Crippen molar-refractivity contribution in [3.8, 4) is 0 Å². The maximum Gasteiger partial charge on any atom is 0.135 e. The Balaban J connectivity index is 2.46. The summed E-state index contributed by atoms with van der Waals surface area (Å²) in [5, 5.41) is 0. The highest BCUT2D eigenvalue weighted by Crippen LogP contribution is 2.14. The summed E-state index contributed by atoms with van der Waals surface area (Å²) < 4.78 is 5.46. The number of ketones is 1. The maximum absolute atomic E-state index is 11.0. The number of carbonyl (C=O) groups is 1. The summed E-state index contributed by atoms with van der Waals surface area (Å²) in [5.74, 6) is 0.344. The van der Waals surface area contributed by atoms with Crippen LogP contribution >= 0.6 is 0 Å². The van der Waals surface area contributed by atoms with Crippen LogP contribution in [-0.2, 0) is 9.53 Å². The molecule has 1 heterocycles. The number of hydrogen-bond donors (Lipinski definition) is 0. The molecule has 10 heavy (non-hydrogen) atoms. The molecule has 0 N–H and O–H groups in total. The smallest absolute Gasteiger partial charge is 0.135 e. The van der Waals surface area contributed by atoms with E-state index in [9.17, 15) is 4.79 Å². The average molecular weight is 142 g/mol. The van der Waals surface area contributed by atoms with Crippen molar-refractivity contribution in [3.05, 3.63) is 0 Å². The fourth-order valence-electron chi connectivity index (χ4n) is 1.30. The normalized spacial score (nSPS) is 35.6. The van der Waals surface area contributed by atoms with Gasteiger partial charge in [-0.2, -0.15) is 0 Å².